The molecule has 0 aliphatic carbocycles. The van der Waals surface area contributed by atoms with Crippen molar-refractivity contribution < 1.29 is 13.6 Å². The summed E-state index contributed by atoms with van der Waals surface area (Å²) >= 11 is 2.96. The summed E-state index contributed by atoms with van der Waals surface area (Å²) < 4.78 is 11.7. The van der Waals surface area contributed by atoms with Crippen LogP contribution in [0.4, 0.5) is 0 Å². The number of nitrogens with zero attached hydrogens (tertiary/aromatic N) is 4. The largest absolute Gasteiger partial charge is 0.463 e. The molecule has 0 saturated heterocycles. The van der Waals surface area contributed by atoms with Crippen LogP contribution in [0.2, 0.25) is 0 Å². The normalized spacial score (nSPS) is 16.3. The van der Waals surface area contributed by atoms with Gasteiger partial charge in [-0.15, -0.1) is 27.8 Å². The number of thiophene rings is 2. The van der Waals surface area contributed by atoms with Crippen LogP contribution in [0.25, 0.3) is 10.8 Å². The fourth-order valence-corrected chi connectivity index (χ4v) is 4.60. The van der Waals surface area contributed by atoms with Crippen molar-refractivity contribution in [3.8, 4) is 10.8 Å². The number of carbonyl (C=O) groups excluding carboxylic acids is 1. The molecule has 146 valence electrons. The lowest BCUT2D eigenvalue weighted by atomic mass is 10.1. The number of hydrogen-bond acceptors (Lipinski definition) is 8. The van der Waals surface area contributed by atoms with Gasteiger partial charge in [0, 0.05) is 11.3 Å². The van der Waals surface area contributed by atoms with Gasteiger partial charge < -0.3 is 8.83 Å². The van der Waals surface area contributed by atoms with Crippen molar-refractivity contribution in [2.24, 2.45) is 5.10 Å². The Hall–Kier alpha value is -3.24. The Morgan fingerprint density at radius 3 is 2.76 bits per heavy atom. The lowest BCUT2D eigenvalue weighted by Gasteiger charge is -2.20. The highest BCUT2D eigenvalue weighted by Crippen LogP contribution is 2.35. The van der Waals surface area contributed by atoms with E-state index < -0.39 is 5.76 Å². The average Bonchev–Trinajstić information content (AvgIpc) is 3.53. The molecule has 0 radical (unpaired) electrons. The van der Waals surface area contributed by atoms with Crippen molar-refractivity contribution in [2.45, 2.75) is 19.0 Å². The lowest BCUT2D eigenvalue weighted by Crippen LogP contribution is -2.33. The standard InChI is InChI=1S/C19H14N4O4S2/c24-17(11-22-19(25)27-18(21-22)16-6-3-9-29-16)23-13(15-5-2-8-28-15)10-12(20-23)14-4-1-7-26-14/h1-9,13H,10-11H2/t13-/m1/s1. The summed E-state index contributed by atoms with van der Waals surface area (Å²) in [5.41, 5.74) is 0.688. The Morgan fingerprint density at radius 1 is 1.17 bits per heavy atom. The van der Waals surface area contributed by atoms with Gasteiger partial charge in [0.2, 0.25) is 0 Å². The molecule has 0 aromatic carbocycles. The van der Waals surface area contributed by atoms with Crippen LogP contribution in [-0.4, -0.2) is 26.4 Å². The van der Waals surface area contributed by atoms with E-state index in [4.69, 9.17) is 8.83 Å². The SMILES string of the molecule is O=C(Cn1nc(-c2cccs2)oc1=O)N1N=C(c2ccco2)C[C@@H]1c1cccs1. The first-order valence-electron chi connectivity index (χ1n) is 8.77. The number of carbonyl (C=O) groups is 1. The summed E-state index contributed by atoms with van der Waals surface area (Å²) in [5, 5.41) is 13.9. The molecule has 0 unspecified atom stereocenters. The zero-order chi connectivity index (χ0) is 19.8. The molecule has 1 aliphatic rings. The van der Waals surface area contributed by atoms with E-state index >= 15 is 0 Å². The number of hydrazone groups is 1. The monoisotopic (exact) mass is 426 g/mol. The Labute approximate surface area is 172 Å². The number of aromatic nitrogens is 2. The molecule has 8 nitrogen and oxygen atoms in total. The molecular weight excluding hydrogens is 412 g/mol. The highest BCUT2D eigenvalue weighted by molar-refractivity contribution is 7.13. The molecule has 29 heavy (non-hydrogen) atoms. The van der Waals surface area contributed by atoms with E-state index in [-0.39, 0.29) is 24.4 Å². The predicted octanol–water partition coefficient (Wildman–Crippen LogP) is 3.60. The Balaban J connectivity index is 1.43. The van der Waals surface area contributed by atoms with Crippen molar-refractivity contribution in [3.05, 3.63) is 74.6 Å². The molecule has 0 spiro atoms. The molecule has 10 heteroatoms. The van der Waals surface area contributed by atoms with E-state index in [0.29, 0.717) is 17.9 Å². The van der Waals surface area contributed by atoms with E-state index in [1.54, 1.807) is 29.7 Å². The van der Waals surface area contributed by atoms with Gasteiger partial charge in [-0.2, -0.15) is 9.78 Å². The molecule has 0 fully saturated rings. The van der Waals surface area contributed by atoms with Crippen molar-refractivity contribution in [1.82, 2.24) is 14.8 Å². The Kier molecular flexibility index (Phi) is 4.49. The first kappa shape index (κ1) is 17.8. The van der Waals surface area contributed by atoms with E-state index in [0.717, 1.165) is 14.4 Å². The lowest BCUT2D eigenvalue weighted by molar-refractivity contribution is -0.133. The highest BCUT2D eigenvalue weighted by Gasteiger charge is 2.35. The first-order chi connectivity index (χ1) is 14.2. The van der Waals surface area contributed by atoms with Crippen LogP contribution in [0.15, 0.2) is 72.2 Å². The summed E-state index contributed by atoms with van der Waals surface area (Å²) in [6.45, 7) is -0.259. The molecule has 4 aromatic rings. The van der Waals surface area contributed by atoms with Crippen LogP contribution in [0, 0.1) is 0 Å². The summed E-state index contributed by atoms with van der Waals surface area (Å²) in [5.74, 6) is -0.198. The molecule has 1 amide bonds. The maximum atomic E-state index is 13.0. The number of furan rings is 1. The van der Waals surface area contributed by atoms with Gasteiger partial charge in [0.05, 0.1) is 17.2 Å². The van der Waals surface area contributed by atoms with Gasteiger partial charge in [-0.05, 0) is 35.0 Å². The summed E-state index contributed by atoms with van der Waals surface area (Å²) in [4.78, 5) is 26.9. The van der Waals surface area contributed by atoms with Gasteiger partial charge in [-0.25, -0.2) is 9.80 Å². The van der Waals surface area contributed by atoms with Gasteiger partial charge in [0.15, 0.2) is 0 Å². The topological polar surface area (TPSA) is 93.8 Å². The number of amides is 1. The third-order valence-corrected chi connectivity index (χ3v) is 6.30. The van der Waals surface area contributed by atoms with Crippen molar-refractivity contribution in [3.63, 3.8) is 0 Å². The van der Waals surface area contributed by atoms with Gasteiger partial charge in [0.1, 0.15) is 18.0 Å². The van der Waals surface area contributed by atoms with E-state index in [1.165, 1.54) is 16.3 Å². The van der Waals surface area contributed by atoms with Crippen molar-refractivity contribution >= 4 is 34.3 Å². The smallest absolute Gasteiger partial charge is 0.437 e. The van der Waals surface area contributed by atoms with Gasteiger partial charge in [-0.3, -0.25) is 4.79 Å². The van der Waals surface area contributed by atoms with Crippen LogP contribution in [0.5, 0.6) is 0 Å². The third kappa shape index (κ3) is 3.36. The zero-order valence-electron chi connectivity index (χ0n) is 14.9. The third-order valence-electron chi connectivity index (χ3n) is 4.47. The predicted molar refractivity (Wildman–Crippen MR) is 108 cm³/mol. The molecule has 0 bridgehead atoms. The van der Waals surface area contributed by atoms with Crippen LogP contribution in [0.1, 0.15) is 23.1 Å². The van der Waals surface area contributed by atoms with Crippen LogP contribution >= 0.6 is 22.7 Å². The van der Waals surface area contributed by atoms with E-state index in [9.17, 15) is 9.59 Å². The average molecular weight is 426 g/mol. The fraction of sp³-hybridized carbons (Fsp3) is 0.158. The first-order valence-corrected chi connectivity index (χ1v) is 10.5. The quantitative estimate of drug-likeness (QED) is 0.486. The molecule has 5 rings (SSSR count). The molecule has 4 aromatic heterocycles. The van der Waals surface area contributed by atoms with E-state index in [2.05, 4.69) is 10.2 Å². The van der Waals surface area contributed by atoms with Crippen molar-refractivity contribution in [2.75, 3.05) is 0 Å². The number of rotatable bonds is 5. The summed E-state index contributed by atoms with van der Waals surface area (Å²) in [7, 11) is 0. The molecule has 0 N–H and O–H groups in total. The van der Waals surface area contributed by atoms with Crippen molar-refractivity contribution in [1.29, 1.82) is 0 Å². The summed E-state index contributed by atoms with van der Waals surface area (Å²) in [6, 6.07) is 10.9. The summed E-state index contributed by atoms with van der Waals surface area (Å²) in [6.07, 6.45) is 2.11. The fourth-order valence-electron chi connectivity index (χ4n) is 3.14. The molecule has 1 atom stereocenters. The van der Waals surface area contributed by atoms with E-state index in [1.807, 2.05) is 35.0 Å². The van der Waals surface area contributed by atoms with Crippen LogP contribution in [-0.2, 0) is 11.3 Å². The Morgan fingerprint density at radius 2 is 2.03 bits per heavy atom. The minimum absolute atomic E-state index is 0.203. The van der Waals surface area contributed by atoms with Gasteiger partial charge in [0.25, 0.3) is 11.8 Å². The molecule has 1 aliphatic heterocycles. The second-order valence-electron chi connectivity index (χ2n) is 6.31. The maximum absolute atomic E-state index is 13.0. The number of hydrogen-bond donors (Lipinski definition) is 0. The van der Waals surface area contributed by atoms with Gasteiger partial charge >= 0.3 is 5.76 Å². The second kappa shape index (κ2) is 7.30. The minimum Gasteiger partial charge on any atom is -0.463 e. The highest BCUT2D eigenvalue weighted by atomic mass is 32.1. The maximum Gasteiger partial charge on any atom is 0.437 e. The zero-order valence-corrected chi connectivity index (χ0v) is 16.6. The second-order valence-corrected chi connectivity index (χ2v) is 8.23. The Bertz CT molecular complexity index is 1200. The molecular formula is C19H14N4O4S2. The van der Waals surface area contributed by atoms with Crippen LogP contribution in [0.3, 0.4) is 0 Å². The molecule has 5 heterocycles. The molecule has 0 saturated carbocycles. The van der Waals surface area contributed by atoms with Gasteiger partial charge in [-0.1, -0.05) is 12.1 Å². The van der Waals surface area contributed by atoms with Crippen LogP contribution < -0.4 is 5.76 Å². The minimum atomic E-state index is -0.677.